The van der Waals surface area contributed by atoms with E-state index in [1.807, 2.05) is 4.68 Å². The Morgan fingerprint density at radius 1 is 1.28 bits per heavy atom. The molecule has 18 heavy (non-hydrogen) atoms. The van der Waals surface area contributed by atoms with Crippen LogP contribution in [0.2, 0.25) is 0 Å². The minimum absolute atomic E-state index is 0.221. The second kappa shape index (κ2) is 4.69. The molecule has 0 atom stereocenters. The average Bonchev–Trinajstić information content (AvgIpc) is 3.14. The third-order valence-electron chi connectivity index (χ3n) is 3.18. The molecule has 2 aromatic rings. The number of aromatic nitrogens is 3. The van der Waals surface area contributed by atoms with Gasteiger partial charge in [0, 0.05) is 5.92 Å². The number of benzene rings is 1. The number of alkyl halides is 1. The Bertz CT molecular complexity index is 546. The first-order valence-corrected chi connectivity index (χ1v) is 6.54. The highest BCUT2D eigenvalue weighted by Crippen LogP contribution is 2.41. The second-order valence-electron chi connectivity index (χ2n) is 4.61. The van der Waals surface area contributed by atoms with Gasteiger partial charge in [-0.15, -0.1) is 16.7 Å². The van der Waals surface area contributed by atoms with E-state index in [0.29, 0.717) is 18.3 Å². The van der Waals surface area contributed by atoms with Crippen molar-refractivity contribution in [1.29, 1.82) is 0 Å². The van der Waals surface area contributed by atoms with Gasteiger partial charge in [0.25, 0.3) is 0 Å². The van der Waals surface area contributed by atoms with Gasteiger partial charge in [-0.05, 0) is 30.5 Å². The van der Waals surface area contributed by atoms with Crippen LogP contribution in [0, 0.1) is 5.82 Å². The highest BCUT2D eigenvalue weighted by Gasteiger charge is 2.30. The molecular weight excluding hydrogens is 253 g/mol. The summed E-state index contributed by atoms with van der Waals surface area (Å²) in [6.07, 6.45) is 2.36. The van der Waals surface area contributed by atoms with Crippen LogP contribution >= 0.6 is 11.6 Å². The zero-order valence-electron chi connectivity index (χ0n) is 9.81. The number of hydrogen-bond acceptors (Lipinski definition) is 2. The molecule has 0 radical (unpaired) electrons. The summed E-state index contributed by atoms with van der Waals surface area (Å²) in [6, 6.07) is 6.47. The minimum atomic E-state index is -0.221. The molecule has 1 aliphatic rings. The van der Waals surface area contributed by atoms with Gasteiger partial charge in [-0.1, -0.05) is 17.3 Å². The number of rotatable bonds is 4. The topological polar surface area (TPSA) is 30.7 Å². The summed E-state index contributed by atoms with van der Waals surface area (Å²) in [5, 5.41) is 8.27. The van der Waals surface area contributed by atoms with Gasteiger partial charge in [-0.25, -0.2) is 9.07 Å². The maximum atomic E-state index is 12.8. The van der Waals surface area contributed by atoms with E-state index < -0.39 is 0 Å². The summed E-state index contributed by atoms with van der Waals surface area (Å²) in [5.74, 6) is 0.727. The van der Waals surface area contributed by atoms with Crippen molar-refractivity contribution in [2.45, 2.75) is 31.2 Å². The Hall–Kier alpha value is -1.42. The third kappa shape index (κ3) is 2.25. The lowest BCUT2D eigenvalue weighted by Crippen LogP contribution is -2.06. The Morgan fingerprint density at radius 2 is 2.00 bits per heavy atom. The molecule has 0 amide bonds. The quantitative estimate of drug-likeness (QED) is 0.796. The number of nitrogens with zero attached hydrogens (tertiary/aromatic N) is 3. The smallest absolute Gasteiger partial charge is 0.123 e. The highest BCUT2D eigenvalue weighted by atomic mass is 35.5. The molecule has 0 unspecified atom stereocenters. The molecule has 1 aromatic carbocycles. The van der Waals surface area contributed by atoms with Gasteiger partial charge in [0.05, 0.1) is 18.1 Å². The summed E-state index contributed by atoms with van der Waals surface area (Å²) in [7, 11) is 0. The summed E-state index contributed by atoms with van der Waals surface area (Å²) < 4.78 is 14.7. The summed E-state index contributed by atoms with van der Waals surface area (Å²) in [6.45, 7) is 0.621. The number of halogens is 2. The molecule has 3 nitrogen and oxygen atoms in total. The van der Waals surface area contributed by atoms with Crippen LogP contribution in [0.3, 0.4) is 0 Å². The van der Waals surface area contributed by atoms with Crippen molar-refractivity contribution in [3.63, 3.8) is 0 Å². The molecule has 3 rings (SSSR count). The molecule has 1 saturated carbocycles. The van der Waals surface area contributed by atoms with E-state index in [4.69, 9.17) is 11.6 Å². The molecule has 0 N–H and O–H groups in total. The van der Waals surface area contributed by atoms with Crippen LogP contribution in [0.25, 0.3) is 0 Å². The summed E-state index contributed by atoms with van der Waals surface area (Å²) in [5.41, 5.74) is 3.04. The third-order valence-corrected chi connectivity index (χ3v) is 3.44. The zero-order valence-corrected chi connectivity index (χ0v) is 10.6. The molecule has 0 spiro atoms. The van der Waals surface area contributed by atoms with E-state index in [0.717, 1.165) is 17.0 Å². The van der Waals surface area contributed by atoms with Crippen molar-refractivity contribution < 1.29 is 4.39 Å². The molecule has 0 saturated heterocycles. The predicted molar refractivity (Wildman–Crippen MR) is 67.1 cm³/mol. The van der Waals surface area contributed by atoms with E-state index in [2.05, 4.69) is 10.3 Å². The Balaban J connectivity index is 1.88. The van der Waals surface area contributed by atoms with Crippen LogP contribution in [-0.4, -0.2) is 15.0 Å². The summed E-state index contributed by atoms with van der Waals surface area (Å²) >= 11 is 5.88. The van der Waals surface area contributed by atoms with E-state index in [9.17, 15) is 4.39 Å². The molecule has 94 valence electrons. The zero-order chi connectivity index (χ0) is 12.5. The molecule has 1 aromatic heterocycles. The molecule has 1 heterocycles. The van der Waals surface area contributed by atoms with E-state index >= 15 is 0 Å². The van der Waals surface area contributed by atoms with Crippen LogP contribution in [0.1, 0.15) is 35.7 Å². The molecular formula is C13H13ClFN3. The van der Waals surface area contributed by atoms with Gasteiger partial charge in [-0.2, -0.15) is 0 Å². The van der Waals surface area contributed by atoms with Crippen molar-refractivity contribution in [3.8, 4) is 0 Å². The van der Waals surface area contributed by atoms with Crippen molar-refractivity contribution in [2.24, 2.45) is 0 Å². The van der Waals surface area contributed by atoms with Gasteiger partial charge >= 0.3 is 0 Å². The van der Waals surface area contributed by atoms with Gasteiger partial charge in [0.2, 0.25) is 0 Å². The fourth-order valence-electron chi connectivity index (χ4n) is 2.13. The van der Waals surface area contributed by atoms with Gasteiger partial charge < -0.3 is 0 Å². The first kappa shape index (κ1) is 11.7. The van der Waals surface area contributed by atoms with Crippen molar-refractivity contribution in [1.82, 2.24) is 15.0 Å². The first-order valence-electron chi connectivity index (χ1n) is 6.00. The van der Waals surface area contributed by atoms with Gasteiger partial charge in [0.15, 0.2) is 0 Å². The predicted octanol–water partition coefficient (Wildman–Crippen LogP) is 3.08. The second-order valence-corrected chi connectivity index (χ2v) is 4.88. The monoisotopic (exact) mass is 265 g/mol. The standard InChI is InChI=1S/C13H13ClFN3/c14-7-12-13(10-3-4-10)18(17-16-12)8-9-1-5-11(15)6-2-9/h1-2,5-6,10H,3-4,7-8H2. The van der Waals surface area contributed by atoms with Crippen molar-refractivity contribution in [2.75, 3.05) is 0 Å². The Morgan fingerprint density at radius 3 is 2.61 bits per heavy atom. The summed E-state index contributed by atoms with van der Waals surface area (Å²) in [4.78, 5) is 0. The molecule has 0 aliphatic heterocycles. The Kier molecular flexibility index (Phi) is 3.04. The van der Waals surface area contributed by atoms with E-state index in [1.165, 1.54) is 25.0 Å². The molecule has 1 aliphatic carbocycles. The van der Waals surface area contributed by atoms with Crippen molar-refractivity contribution >= 4 is 11.6 Å². The lowest BCUT2D eigenvalue weighted by Gasteiger charge is -2.06. The fourth-order valence-corrected chi connectivity index (χ4v) is 2.32. The number of hydrogen-bond donors (Lipinski definition) is 0. The van der Waals surface area contributed by atoms with Crippen LogP contribution in [0.4, 0.5) is 4.39 Å². The Labute approximate surface area is 110 Å². The maximum absolute atomic E-state index is 12.8. The SMILES string of the molecule is Fc1ccc(Cn2nnc(CCl)c2C2CC2)cc1. The maximum Gasteiger partial charge on any atom is 0.123 e. The molecule has 5 heteroatoms. The van der Waals surface area contributed by atoms with E-state index in [1.54, 1.807) is 12.1 Å². The lowest BCUT2D eigenvalue weighted by atomic mass is 10.2. The normalized spacial score (nSPS) is 15.0. The highest BCUT2D eigenvalue weighted by molar-refractivity contribution is 6.16. The average molecular weight is 266 g/mol. The van der Waals surface area contributed by atoms with Crippen LogP contribution in [0.5, 0.6) is 0 Å². The molecule has 1 fully saturated rings. The largest absolute Gasteiger partial charge is 0.244 e. The van der Waals surface area contributed by atoms with Gasteiger partial charge in [-0.3, -0.25) is 0 Å². The first-order chi connectivity index (χ1) is 8.78. The van der Waals surface area contributed by atoms with Crippen LogP contribution < -0.4 is 0 Å². The van der Waals surface area contributed by atoms with Crippen molar-refractivity contribution in [3.05, 3.63) is 47.0 Å². The minimum Gasteiger partial charge on any atom is -0.244 e. The van der Waals surface area contributed by atoms with E-state index in [-0.39, 0.29) is 5.82 Å². The molecule has 0 bridgehead atoms. The fraction of sp³-hybridized carbons (Fsp3) is 0.385. The van der Waals surface area contributed by atoms with Gasteiger partial charge in [0.1, 0.15) is 11.5 Å². The van der Waals surface area contributed by atoms with Crippen LogP contribution in [-0.2, 0) is 12.4 Å². The lowest BCUT2D eigenvalue weighted by molar-refractivity contribution is 0.610. The van der Waals surface area contributed by atoms with Crippen LogP contribution in [0.15, 0.2) is 24.3 Å².